The highest BCUT2D eigenvalue weighted by Crippen LogP contribution is 2.19. The number of rotatable bonds is 3. The zero-order valence-corrected chi connectivity index (χ0v) is 12.7. The summed E-state index contributed by atoms with van der Waals surface area (Å²) in [6, 6.07) is 20.2. The van der Waals surface area contributed by atoms with Gasteiger partial charge in [-0.15, -0.1) is 0 Å². The largest absolute Gasteiger partial charge is 0.323 e. The molecule has 3 aromatic carbocycles. The van der Waals surface area contributed by atoms with Crippen LogP contribution in [-0.2, 0) is 0 Å². The molecule has 0 fully saturated rings. The van der Waals surface area contributed by atoms with Crippen LogP contribution in [0.1, 0.15) is 17.3 Å². The number of ketones is 1. The van der Waals surface area contributed by atoms with Crippen LogP contribution >= 0.6 is 0 Å². The summed E-state index contributed by atoms with van der Waals surface area (Å²) >= 11 is 0. The number of anilines is 2. The fourth-order valence-corrected chi connectivity index (χ4v) is 2.35. The molecule has 114 valence electrons. The van der Waals surface area contributed by atoms with Crippen molar-refractivity contribution < 1.29 is 9.59 Å². The first-order chi connectivity index (χ1) is 11.1. The predicted molar refractivity (Wildman–Crippen MR) is 93.0 cm³/mol. The molecule has 0 heterocycles. The van der Waals surface area contributed by atoms with Crippen LogP contribution < -0.4 is 10.6 Å². The molecule has 0 aliphatic carbocycles. The predicted octanol–water partition coefficient (Wildman–Crippen LogP) is 4.69. The van der Waals surface area contributed by atoms with Gasteiger partial charge in [0, 0.05) is 16.9 Å². The average molecular weight is 304 g/mol. The van der Waals surface area contributed by atoms with E-state index in [1.54, 1.807) is 24.3 Å². The standard InChI is InChI=1S/C19H16N2O2/c1-13(22)14-6-9-17(10-7-14)20-19(23)21-18-11-8-15-4-2-3-5-16(15)12-18/h2-12H,1H3,(H2,20,21,23). The van der Waals surface area contributed by atoms with E-state index in [2.05, 4.69) is 10.6 Å². The first-order valence-electron chi connectivity index (χ1n) is 7.29. The van der Waals surface area contributed by atoms with Crippen LogP contribution in [0.25, 0.3) is 10.8 Å². The second-order valence-corrected chi connectivity index (χ2v) is 5.27. The van der Waals surface area contributed by atoms with Gasteiger partial charge in [0.15, 0.2) is 5.78 Å². The zero-order valence-electron chi connectivity index (χ0n) is 12.7. The van der Waals surface area contributed by atoms with E-state index in [1.165, 1.54) is 6.92 Å². The molecule has 3 rings (SSSR count). The second kappa shape index (κ2) is 6.32. The Labute approximate surface area is 134 Å². The highest BCUT2D eigenvalue weighted by atomic mass is 16.2. The zero-order chi connectivity index (χ0) is 16.2. The first kappa shape index (κ1) is 14.8. The smallest absolute Gasteiger partial charge is 0.308 e. The Kier molecular flexibility index (Phi) is 4.06. The van der Waals surface area contributed by atoms with Gasteiger partial charge in [0.05, 0.1) is 0 Å². The van der Waals surface area contributed by atoms with E-state index in [9.17, 15) is 9.59 Å². The minimum atomic E-state index is -0.323. The van der Waals surface area contributed by atoms with Crippen LogP contribution in [0.15, 0.2) is 66.7 Å². The molecule has 4 nitrogen and oxygen atoms in total. The van der Waals surface area contributed by atoms with Crippen molar-refractivity contribution in [1.82, 2.24) is 0 Å². The molecular weight excluding hydrogens is 288 g/mol. The summed E-state index contributed by atoms with van der Waals surface area (Å²) in [6.45, 7) is 1.51. The van der Waals surface area contributed by atoms with Gasteiger partial charge in [-0.05, 0) is 54.1 Å². The van der Waals surface area contributed by atoms with Crippen molar-refractivity contribution in [2.24, 2.45) is 0 Å². The number of carbonyl (C=O) groups excluding carboxylic acids is 2. The van der Waals surface area contributed by atoms with Crippen LogP contribution in [0.2, 0.25) is 0 Å². The van der Waals surface area contributed by atoms with E-state index in [0.29, 0.717) is 11.3 Å². The molecule has 4 heteroatoms. The number of hydrogen-bond donors (Lipinski definition) is 2. The topological polar surface area (TPSA) is 58.2 Å². The monoisotopic (exact) mass is 304 g/mol. The molecule has 2 amide bonds. The number of carbonyl (C=O) groups is 2. The van der Waals surface area contributed by atoms with E-state index in [-0.39, 0.29) is 11.8 Å². The Balaban J connectivity index is 1.69. The highest BCUT2D eigenvalue weighted by Gasteiger charge is 2.04. The minimum Gasteiger partial charge on any atom is -0.308 e. The van der Waals surface area contributed by atoms with Gasteiger partial charge in [-0.1, -0.05) is 30.3 Å². The van der Waals surface area contributed by atoms with Crippen LogP contribution in [-0.4, -0.2) is 11.8 Å². The molecule has 0 bridgehead atoms. The molecule has 0 aromatic heterocycles. The van der Waals surface area contributed by atoms with E-state index in [4.69, 9.17) is 0 Å². The normalized spacial score (nSPS) is 10.3. The molecule has 0 spiro atoms. The maximum absolute atomic E-state index is 12.0. The number of Topliss-reactive ketones (excluding diaryl/α,β-unsaturated/α-hetero) is 1. The van der Waals surface area contributed by atoms with Crippen molar-refractivity contribution in [3.05, 3.63) is 72.3 Å². The van der Waals surface area contributed by atoms with Crippen LogP contribution in [0.4, 0.5) is 16.2 Å². The fourth-order valence-electron chi connectivity index (χ4n) is 2.35. The average Bonchev–Trinajstić information content (AvgIpc) is 2.55. The number of urea groups is 1. The van der Waals surface area contributed by atoms with Gasteiger partial charge < -0.3 is 10.6 Å². The minimum absolute atomic E-state index is 0.00262. The summed E-state index contributed by atoms with van der Waals surface area (Å²) in [4.78, 5) is 23.3. The molecule has 2 N–H and O–H groups in total. The quantitative estimate of drug-likeness (QED) is 0.690. The maximum atomic E-state index is 12.0. The van der Waals surface area contributed by atoms with Crippen molar-refractivity contribution in [1.29, 1.82) is 0 Å². The number of amides is 2. The Bertz CT molecular complexity index is 870. The van der Waals surface area contributed by atoms with Crippen LogP contribution in [0.3, 0.4) is 0 Å². The lowest BCUT2D eigenvalue weighted by atomic mass is 10.1. The molecule has 23 heavy (non-hydrogen) atoms. The van der Waals surface area contributed by atoms with Gasteiger partial charge in [0.2, 0.25) is 0 Å². The number of fused-ring (bicyclic) bond motifs is 1. The van der Waals surface area contributed by atoms with Crippen molar-refractivity contribution in [2.75, 3.05) is 10.6 Å². The van der Waals surface area contributed by atoms with Gasteiger partial charge in [-0.25, -0.2) is 4.79 Å². The summed E-state index contributed by atoms with van der Waals surface area (Å²) in [7, 11) is 0. The summed E-state index contributed by atoms with van der Waals surface area (Å²) in [5.74, 6) is -0.00262. The lowest BCUT2D eigenvalue weighted by molar-refractivity contribution is 0.101. The Morgan fingerprint density at radius 3 is 2.04 bits per heavy atom. The van der Waals surface area contributed by atoms with E-state index < -0.39 is 0 Å². The SMILES string of the molecule is CC(=O)c1ccc(NC(=O)Nc2ccc3ccccc3c2)cc1. The Morgan fingerprint density at radius 1 is 0.739 bits per heavy atom. The van der Waals surface area contributed by atoms with Crippen molar-refractivity contribution in [3.63, 3.8) is 0 Å². The van der Waals surface area contributed by atoms with Crippen molar-refractivity contribution >= 4 is 34.0 Å². The third kappa shape index (κ3) is 3.55. The summed E-state index contributed by atoms with van der Waals surface area (Å²) < 4.78 is 0. The van der Waals surface area contributed by atoms with E-state index in [1.807, 2.05) is 42.5 Å². The molecular formula is C19H16N2O2. The maximum Gasteiger partial charge on any atom is 0.323 e. The molecule has 0 saturated carbocycles. The summed E-state index contributed by atoms with van der Waals surface area (Å²) in [5.41, 5.74) is 1.97. The molecule has 0 aliphatic heterocycles. The van der Waals surface area contributed by atoms with Gasteiger partial charge in [0.25, 0.3) is 0 Å². The second-order valence-electron chi connectivity index (χ2n) is 5.27. The van der Waals surface area contributed by atoms with E-state index in [0.717, 1.165) is 16.5 Å². The summed E-state index contributed by atoms with van der Waals surface area (Å²) in [6.07, 6.45) is 0. The number of nitrogens with one attached hydrogen (secondary N) is 2. The van der Waals surface area contributed by atoms with Crippen LogP contribution in [0.5, 0.6) is 0 Å². The number of hydrogen-bond acceptors (Lipinski definition) is 2. The fraction of sp³-hybridized carbons (Fsp3) is 0.0526. The van der Waals surface area contributed by atoms with Crippen LogP contribution in [0, 0.1) is 0 Å². The first-order valence-corrected chi connectivity index (χ1v) is 7.29. The Morgan fingerprint density at radius 2 is 1.35 bits per heavy atom. The third-order valence-corrected chi connectivity index (χ3v) is 3.56. The van der Waals surface area contributed by atoms with Crippen molar-refractivity contribution in [3.8, 4) is 0 Å². The molecule has 0 unspecified atom stereocenters. The van der Waals surface area contributed by atoms with Crippen molar-refractivity contribution in [2.45, 2.75) is 6.92 Å². The van der Waals surface area contributed by atoms with Gasteiger partial charge in [-0.2, -0.15) is 0 Å². The van der Waals surface area contributed by atoms with Gasteiger partial charge in [-0.3, -0.25) is 4.79 Å². The summed E-state index contributed by atoms with van der Waals surface area (Å²) in [5, 5.41) is 7.74. The molecule has 3 aromatic rings. The molecule has 0 aliphatic rings. The molecule has 0 atom stereocenters. The highest BCUT2D eigenvalue weighted by molar-refractivity contribution is 6.01. The third-order valence-electron chi connectivity index (χ3n) is 3.56. The number of benzene rings is 3. The van der Waals surface area contributed by atoms with Gasteiger partial charge in [0.1, 0.15) is 0 Å². The molecule has 0 saturated heterocycles. The van der Waals surface area contributed by atoms with Gasteiger partial charge >= 0.3 is 6.03 Å². The van der Waals surface area contributed by atoms with E-state index >= 15 is 0 Å². The lowest BCUT2D eigenvalue weighted by Gasteiger charge is -2.09. The Hall–Kier alpha value is -3.14. The lowest BCUT2D eigenvalue weighted by Crippen LogP contribution is -2.19. The molecule has 0 radical (unpaired) electrons.